The number of ether oxygens (including phenoxy) is 2. The highest BCUT2D eigenvalue weighted by atomic mass is 19.4. The first-order valence-electron chi connectivity index (χ1n) is 10.2. The van der Waals surface area contributed by atoms with Crippen LogP contribution in [0, 0.1) is 0 Å². The summed E-state index contributed by atoms with van der Waals surface area (Å²) in [4.78, 5) is 23.7. The molecule has 0 aromatic carbocycles. The van der Waals surface area contributed by atoms with Crippen molar-refractivity contribution < 1.29 is 27.4 Å². The number of nitrogens with zero attached hydrogens (tertiary/aromatic N) is 5. The predicted octanol–water partition coefficient (Wildman–Crippen LogP) is 2.65. The molecular weight excluding hydrogens is 441 g/mol. The summed E-state index contributed by atoms with van der Waals surface area (Å²) in [6.07, 6.45) is -3.12. The smallest absolute Gasteiger partial charge is 0.383 e. The lowest BCUT2D eigenvalue weighted by molar-refractivity contribution is -0.141. The van der Waals surface area contributed by atoms with Gasteiger partial charge in [-0.3, -0.25) is 4.79 Å². The summed E-state index contributed by atoms with van der Waals surface area (Å²) >= 11 is 0. The van der Waals surface area contributed by atoms with Crippen LogP contribution in [0.5, 0.6) is 0 Å². The van der Waals surface area contributed by atoms with E-state index in [2.05, 4.69) is 20.2 Å². The van der Waals surface area contributed by atoms with E-state index in [9.17, 15) is 18.0 Å². The molecule has 1 fully saturated rings. The average molecular weight is 460 g/mol. The van der Waals surface area contributed by atoms with E-state index in [-0.39, 0.29) is 30.6 Å². The predicted molar refractivity (Wildman–Crippen MR) is 109 cm³/mol. The van der Waals surface area contributed by atoms with Crippen LogP contribution >= 0.6 is 0 Å². The third-order valence-electron chi connectivity index (χ3n) is 5.83. The maximum atomic E-state index is 13.5. The van der Waals surface area contributed by atoms with Crippen molar-refractivity contribution in [2.75, 3.05) is 18.9 Å². The van der Waals surface area contributed by atoms with E-state index in [1.807, 2.05) is 0 Å². The third kappa shape index (κ3) is 3.74. The number of amides is 1. The van der Waals surface area contributed by atoms with Gasteiger partial charge in [0.2, 0.25) is 0 Å². The lowest BCUT2D eigenvalue weighted by atomic mass is 10.0. The molecule has 0 aliphatic carbocycles. The number of fused-ring (bicyclic) bond motifs is 3. The number of alkyl halides is 3. The molecule has 5 rings (SSSR count). The summed E-state index contributed by atoms with van der Waals surface area (Å²) in [5.74, 6) is -0.0255. The van der Waals surface area contributed by atoms with E-state index in [0.717, 1.165) is 22.6 Å². The van der Waals surface area contributed by atoms with Gasteiger partial charge < -0.3 is 20.1 Å². The Morgan fingerprint density at radius 2 is 1.94 bits per heavy atom. The van der Waals surface area contributed by atoms with Crippen molar-refractivity contribution in [3.05, 3.63) is 52.6 Å². The summed E-state index contributed by atoms with van der Waals surface area (Å²) in [5, 5.41) is 7.74. The summed E-state index contributed by atoms with van der Waals surface area (Å²) in [5.41, 5.74) is 7.48. The molecule has 0 bridgehead atoms. The molecule has 2 N–H and O–H groups in total. The van der Waals surface area contributed by atoms with Gasteiger partial charge in [-0.05, 0) is 30.7 Å². The number of rotatable bonds is 2. The van der Waals surface area contributed by atoms with Gasteiger partial charge in [0.05, 0.1) is 55.9 Å². The number of carbonyl (C=O) groups excluding carboxylic acids is 1. The SMILES string of the molecule is C[C@@H]1COC[C@H](c2ccc(C(F)(F)F)nn2)N1C(=O)c1cc2c3c(c(N)nc2cn1)COC3. The van der Waals surface area contributed by atoms with Gasteiger partial charge in [0.15, 0.2) is 5.69 Å². The molecule has 3 aromatic rings. The number of nitrogens with two attached hydrogens (primary N) is 1. The largest absolute Gasteiger partial charge is 0.435 e. The van der Waals surface area contributed by atoms with Gasteiger partial charge in [-0.15, -0.1) is 5.10 Å². The Morgan fingerprint density at radius 3 is 2.67 bits per heavy atom. The summed E-state index contributed by atoms with van der Waals surface area (Å²) in [7, 11) is 0. The zero-order valence-electron chi connectivity index (χ0n) is 17.5. The fourth-order valence-electron chi connectivity index (χ4n) is 4.18. The number of morpholine rings is 1. The number of hydrogen-bond donors (Lipinski definition) is 1. The topological polar surface area (TPSA) is 116 Å². The van der Waals surface area contributed by atoms with Gasteiger partial charge in [0.1, 0.15) is 11.5 Å². The minimum atomic E-state index is -4.60. The van der Waals surface area contributed by atoms with Crippen LogP contribution in [0.1, 0.15) is 46.0 Å². The number of carbonyl (C=O) groups is 1. The highest BCUT2D eigenvalue weighted by Crippen LogP contribution is 2.33. The van der Waals surface area contributed by atoms with Crippen molar-refractivity contribution in [1.29, 1.82) is 0 Å². The molecule has 9 nitrogen and oxygen atoms in total. The van der Waals surface area contributed by atoms with Crippen molar-refractivity contribution in [2.24, 2.45) is 0 Å². The van der Waals surface area contributed by atoms with Crippen LogP contribution in [-0.4, -0.2) is 50.2 Å². The maximum Gasteiger partial charge on any atom is 0.435 e. The van der Waals surface area contributed by atoms with Gasteiger partial charge in [0, 0.05) is 10.9 Å². The highest BCUT2D eigenvalue weighted by Gasteiger charge is 2.38. The van der Waals surface area contributed by atoms with E-state index in [0.29, 0.717) is 24.5 Å². The van der Waals surface area contributed by atoms with E-state index in [1.54, 1.807) is 13.0 Å². The maximum absolute atomic E-state index is 13.5. The second kappa shape index (κ2) is 7.89. The molecule has 5 heterocycles. The van der Waals surface area contributed by atoms with Crippen LogP contribution in [0.3, 0.4) is 0 Å². The molecule has 0 unspecified atom stereocenters. The molecule has 2 atom stereocenters. The standard InChI is InChI=1S/C21H19F3N6O3/c1-10-6-32-9-17(14-2-3-18(29-28-14)21(22,23)24)30(10)20(31)15-4-11-12-7-33-8-13(12)19(25)27-16(11)5-26-15/h2-5,10,17H,6-9H2,1H3,(H2,25,27)/t10-,17-/m1/s1. The van der Waals surface area contributed by atoms with E-state index < -0.39 is 23.8 Å². The molecule has 2 aliphatic heterocycles. The van der Waals surface area contributed by atoms with E-state index in [1.165, 1.54) is 17.2 Å². The number of anilines is 1. The first kappa shape index (κ1) is 21.5. The Morgan fingerprint density at radius 1 is 1.15 bits per heavy atom. The van der Waals surface area contributed by atoms with Gasteiger partial charge in [-0.25, -0.2) is 9.97 Å². The van der Waals surface area contributed by atoms with Gasteiger partial charge in [-0.1, -0.05) is 0 Å². The number of pyridine rings is 2. The highest BCUT2D eigenvalue weighted by molar-refractivity contribution is 5.97. The zero-order chi connectivity index (χ0) is 23.3. The first-order valence-corrected chi connectivity index (χ1v) is 10.2. The Kier molecular flexibility index (Phi) is 5.13. The molecular formula is C21H19F3N6O3. The van der Waals surface area contributed by atoms with E-state index in [4.69, 9.17) is 15.2 Å². The van der Waals surface area contributed by atoms with Crippen LogP contribution < -0.4 is 5.73 Å². The van der Waals surface area contributed by atoms with Gasteiger partial charge >= 0.3 is 6.18 Å². The monoisotopic (exact) mass is 460 g/mol. The second-order valence-corrected chi connectivity index (χ2v) is 7.99. The summed E-state index contributed by atoms with van der Waals surface area (Å²) < 4.78 is 49.7. The third-order valence-corrected chi connectivity index (χ3v) is 5.83. The van der Waals surface area contributed by atoms with Crippen LogP contribution in [0.15, 0.2) is 24.4 Å². The number of aromatic nitrogens is 4. The fourth-order valence-corrected chi connectivity index (χ4v) is 4.18. The molecule has 0 radical (unpaired) electrons. The van der Waals surface area contributed by atoms with Gasteiger partial charge in [0.25, 0.3) is 5.91 Å². The molecule has 3 aromatic heterocycles. The lowest BCUT2D eigenvalue weighted by Crippen LogP contribution is -2.49. The molecule has 0 saturated carbocycles. The second-order valence-electron chi connectivity index (χ2n) is 7.99. The summed E-state index contributed by atoms with van der Waals surface area (Å²) in [6.45, 7) is 2.84. The Balaban J connectivity index is 1.51. The van der Waals surface area contributed by atoms with Crippen LogP contribution in [-0.2, 0) is 28.9 Å². The van der Waals surface area contributed by atoms with Crippen molar-refractivity contribution in [3.8, 4) is 0 Å². The number of halogens is 3. The van der Waals surface area contributed by atoms with Crippen LogP contribution in [0.4, 0.5) is 19.0 Å². The lowest BCUT2D eigenvalue weighted by Gasteiger charge is -2.39. The molecule has 12 heteroatoms. The van der Waals surface area contributed by atoms with Crippen molar-refractivity contribution in [1.82, 2.24) is 25.1 Å². The van der Waals surface area contributed by atoms with Crippen LogP contribution in [0.25, 0.3) is 10.9 Å². The molecule has 2 aliphatic rings. The summed E-state index contributed by atoms with van der Waals surface area (Å²) in [6, 6.07) is 2.63. The van der Waals surface area contributed by atoms with Crippen molar-refractivity contribution >= 4 is 22.6 Å². The molecule has 33 heavy (non-hydrogen) atoms. The Labute approximate surface area is 185 Å². The average Bonchev–Trinajstić information content (AvgIpc) is 3.29. The van der Waals surface area contributed by atoms with Crippen LogP contribution in [0.2, 0.25) is 0 Å². The fraction of sp³-hybridized carbons (Fsp3) is 0.381. The quantitative estimate of drug-likeness (QED) is 0.621. The zero-order valence-corrected chi connectivity index (χ0v) is 17.5. The molecule has 172 valence electrons. The Bertz CT molecular complexity index is 1230. The minimum absolute atomic E-state index is 0.0744. The van der Waals surface area contributed by atoms with Crippen molar-refractivity contribution in [3.63, 3.8) is 0 Å². The van der Waals surface area contributed by atoms with Gasteiger partial charge in [-0.2, -0.15) is 18.3 Å². The van der Waals surface area contributed by atoms with Crippen molar-refractivity contribution in [2.45, 2.75) is 38.4 Å². The number of nitrogen functional groups attached to an aromatic ring is 1. The molecule has 1 saturated heterocycles. The first-order chi connectivity index (χ1) is 15.7. The minimum Gasteiger partial charge on any atom is -0.383 e. The molecule has 0 spiro atoms. The number of hydrogen-bond acceptors (Lipinski definition) is 8. The molecule has 1 amide bonds. The van der Waals surface area contributed by atoms with E-state index >= 15 is 0 Å². The normalized spacial score (nSPS) is 20.8. The Hall–Kier alpha value is -3.38.